The van der Waals surface area contributed by atoms with Crippen LogP contribution in [0.4, 0.5) is 0 Å². The summed E-state index contributed by atoms with van der Waals surface area (Å²) in [5, 5.41) is 11.9. The number of nitrogens with one attached hydrogen (secondary N) is 1. The molecule has 5 nitrogen and oxygen atoms in total. The third kappa shape index (κ3) is 3.71. The summed E-state index contributed by atoms with van der Waals surface area (Å²) in [6.45, 7) is 2.51. The largest absolute Gasteiger partial charge is 0.356 e. The Bertz CT molecular complexity index is 572. The zero-order chi connectivity index (χ0) is 13.7. The SMILES string of the molecule is CCNC(=O)CSc1nncn1-c1cccc(Cl)c1. The lowest BCUT2D eigenvalue weighted by Crippen LogP contribution is -2.24. The van der Waals surface area contributed by atoms with Crippen molar-refractivity contribution in [1.29, 1.82) is 0 Å². The molecule has 0 aliphatic rings. The van der Waals surface area contributed by atoms with Gasteiger partial charge in [-0.1, -0.05) is 29.4 Å². The van der Waals surface area contributed by atoms with Gasteiger partial charge in [0.05, 0.1) is 11.4 Å². The summed E-state index contributed by atoms with van der Waals surface area (Å²) in [6, 6.07) is 7.39. The molecule has 0 aliphatic heterocycles. The highest BCUT2D eigenvalue weighted by Gasteiger charge is 2.09. The first kappa shape index (κ1) is 13.9. The normalized spacial score (nSPS) is 10.4. The van der Waals surface area contributed by atoms with E-state index in [-0.39, 0.29) is 5.91 Å². The van der Waals surface area contributed by atoms with Crippen LogP contribution in [0.15, 0.2) is 35.7 Å². The van der Waals surface area contributed by atoms with E-state index >= 15 is 0 Å². The Balaban J connectivity index is 2.12. The van der Waals surface area contributed by atoms with E-state index in [1.807, 2.05) is 25.1 Å². The van der Waals surface area contributed by atoms with E-state index in [0.717, 1.165) is 5.69 Å². The Hall–Kier alpha value is -1.53. The van der Waals surface area contributed by atoms with E-state index < -0.39 is 0 Å². The van der Waals surface area contributed by atoms with Gasteiger partial charge in [0.15, 0.2) is 5.16 Å². The molecule has 1 aromatic heterocycles. The lowest BCUT2D eigenvalue weighted by atomic mass is 10.3. The van der Waals surface area contributed by atoms with Crippen molar-refractivity contribution in [3.63, 3.8) is 0 Å². The highest BCUT2D eigenvalue weighted by Crippen LogP contribution is 2.21. The molecule has 0 unspecified atom stereocenters. The Morgan fingerprint density at radius 1 is 1.53 bits per heavy atom. The number of thioether (sulfide) groups is 1. The Labute approximate surface area is 120 Å². The highest BCUT2D eigenvalue weighted by atomic mass is 35.5. The van der Waals surface area contributed by atoms with Gasteiger partial charge in [0.25, 0.3) is 0 Å². The molecular weight excluding hydrogens is 284 g/mol. The summed E-state index contributed by atoms with van der Waals surface area (Å²) >= 11 is 7.29. The number of nitrogens with zero attached hydrogens (tertiary/aromatic N) is 3. The van der Waals surface area contributed by atoms with Gasteiger partial charge in [-0.25, -0.2) is 0 Å². The number of hydrogen-bond donors (Lipinski definition) is 1. The quantitative estimate of drug-likeness (QED) is 0.859. The van der Waals surface area contributed by atoms with Gasteiger partial charge in [0, 0.05) is 11.6 Å². The van der Waals surface area contributed by atoms with Crippen LogP contribution in [0.1, 0.15) is 6.92 Å². The standard InChI is InChI=1S/C12H13ClN4OS/c1-2-14-11(18)7-19-12-16-15-8-17(12)10-5-3-4-9(13)6-10/h3-6,8H,2,7H2,1H3,(H,14,18). The molecule has 2 aromatic rings. The minimum Gasteiger partial charge on any atom is -0.356 e. The molecule has 0 saturated carbocycles. The number of aromatic nitrogens is 3. The van der Waals surface area contributed by atoms with Crippen molar-refractivity contribution in [2.45, 2.75) is 12.1 Å². The lowest BCUT2D eigenvalue weighted by Gasteiger charge is -2.06. The van der Waals surface area contributed by atoms with E-state index in [0.29, 0.717) is 22.5 Å². The van der Waals surface area contributed by atoms with Gasteiger partial charge in [-0.15, -0.1) is 10.2 Å². The van der Waals surface area contributed by atoms with Gasteiger partial charge < -0.3 is 5.32 Å². The third-order valence-electron chi connectivity index (χ3n) is 2.31. The minimum atomic E-state index is -0.0202. The second kappa shape index (κ2) is 6.58. The molecule has 1 aromatic carbocycles. The summed E-state index contributed by atoms with van der Waals surface area (Å²) < 4.78 is 1.80. The summed E-state index contributed by atoms with van der Waals surface area (Å²) in [5.74, 6) is 0.292. The lowest BCUT2D eigenvalue weighted by molar-refractivity contribution is -0.118. The van der Waals surface area contributed by atoms with Gasteiger partial charge in [-0.2, -0.15) is 0 Å². The van der Waals surface area contributed by atoms with Crippen molar-refractivity contribution in [2.75, 3.05) is 12.3 Å². The van der Waals surface area contributed by atoms with Crippen LogP contribution in [0, 0.1) is 0 Å². The van der Waals surface area contributed by atoms with Crippen LogP contribution >= 0.6 is 23.4 Å². The molecule has 0 spiro atoms. The fourth-order valence-electron chi connectivity index (χ4n) is 1.50. The average molecular weight is 297 g/mol. The maximum atomic E-state index is 11.4. The molecule has 7 heteroatoms. The van der Waals surface area contributed by atoms with Gasteiger partial charge in [-0.3, -0.25) is 9.36 Å². The number of amides is 1. The maximum absolute atomic E-state index is 11.4. The van der Waals surface area contributed by atoms with Crippen LogP contribution in [0.5, 0.6) is 0 Å². The zero-order valence-corrected chi connectivity index (χ0v) is 11.9. The second-order valence-electron chi connectivity index (χ2n) is 3.71. The summed E-state index contributed by atoms with van der Waals surface area (Å²) in [5.41, 5.74) is 0.871. The maximum Gasteiger partial charge on any atom is 0.230 e. The monoisotopic (exact) mass is 296 g/mol. The molecule has 2 rings (SSSR count). The Morgan fingerprint density at radius 2 is 2.37 bits per heavy atom. The van der Waals surface area contributed by atoms with Crippen LogP contribution < -0.4 is 5.32 Å². The molecule has 0 bridgehead atoms. The summed E-state index contributed by atoms with van der Waals surface area (Å²) in [6.07, 6.45) is 1.60. The molecule has 1 heterocycles. The summed E-state index contributed by atoms with van der Waals surface area (Å²) in [4.78, 5) is 11.4. The molecule has 1 amide bonds. The van der Waals surface area contributed by atoms with Crippen molar-refractivity contribution >= 4 is 29.3 Å². The van der Waals surface area contributed by atoms with Crippen LogP contribution in [0.3, 0.4) is 0 Å². The van der Waals surface area contributed by atoms with Gasteiger partial charge in [-0.05, 0) is 25.1 Å². The van der Waals surface area contributed by atoms with Crippen LogP contribution in [-0.4, -0.2) is 33.0 Å². The predicted octanol–water partition coefficient (Wildman–Crippen LogP) is 2.15. The molecular formula is C12H13ClN4OS. The fraction of sp³-hybridized carbons (Fsp3) is 0.250. The van der Waals surface area contributed by atoms with Crippen molar-refractivity contribution in [3.05, 3.63) is 35.6 Å². The van der Waals surface area contributed by atoms with Crippen molar-refractivity contribution in [2.24, 2.45) is 0 Å². The van der Waals surface area contributed by atoms with Crippen molar-refractivity contribution in [1.82, 2.24) is 20.1 Å². The minimum absolute atomic E-state index is 0.0202. The number of hydrogen-bond acceptors (Lipinski definition) is 4. The number of rotatable bonds is 5. The first-order valence-electron chi connectivity index (χ1n) is 5.76. The highest BCUT2D eigenvalue weighted by molar-refractivity contribution is 7.99. The number of halogens is 1. The van der Waals surface area contributed by atoms with E-state index in [1.165, 1.54) is 11.8 Å². The van der Waals surface area contributed by atoms with Gasteiger partial charge >= 0.3 is 0 Å². The number of carbonyl (C=O) groups excluding carboxylic acids is 1. The molecule has 0 atom stereocenters. The van der Waals surface area contributed by atoms with Crippen LogP contribution in [-0.2, 0) is 4.79 Å². The molecule has 0 radical (unpaired) electrons. The van der Waals surface area contributed by atoms with Gasteiger partial charge in [0.1, 0.15) is 6.33 Å². The number of carbonyl (C=O) groups is 1. The zero-order valence-electron chi connectivity index (χ0n) is 10.3. The van der Waals surface area contributed by atoms with E-state index in [9.17, 15) is 4.79 Å². The molecule has 100 valence electrons. The average Bonchev–Trinajstić information content (AvgIpc) is 2.85. The van der Waals surface area contributed by atoms with E-state index in [2.05, 4.69) is 15.5 Å². The second-order valence-corrected chi connectivity index (χ2v) is 5.08. The van der Waals surface area contributed by atoms with Crippen LogP contribution in [0.25, 0.3) is 5.69 Å². The van der Waals surface area contributed by atoms with E-state index in [4.69, 9.17) is 11.6 Å². The van der Waals surface area contributed by atoms with Crippen molar-refractivity contribution in [3.8, 4) is 5.69 Å². The molecule has 1 N–H and O–H groups in total. The van der Waals surface area contributed by atoms with E-state index in [1.54, 1.807) is 17.0 Å². The Kier molecular flexibility index (Phi) is 4.81. The molecule has 19 heavy (non-hydrogen) atoms. The first-order valence-corrected chi connectivity index (χ1v) is 7.12. The Morgan fingerprint density at radius 3 is 3.11 bits per heavy atom. The smallest absolute Gasteiger partial charge is 0.230 e. The topological polar surface area (TPSA) is 59.8 Å². The molecule has 0 fully saturated rings. The summed E-state index contributed by atoms with van der Waals surface area (Å²) in [7, 11) is 0. The molecule has 0 aliphatic carbocycles. The third-order valence-corrected chi connectivity index (χ3v) is 3.49. The van der Waals surface area contributed by atoms with Gasteiger partial charge in [0.2, 0.25) is 5.91 Å². The molecule has 0 saturated heterocycles. The first-order chi connectivity index (χ1) is 9.20. The number of benzene rings is 1. The fourth-order valence-corrected chi connectivity index (χ4v) is 2.45. The van der Waals surface area contributed by atoms with Crippen LogP contribution in [0.2, 0.25) is 5.02 Å². The van der Waals surface area contributed by atoms with Crippen molar-refractivity contribution < 1.29 is 4.79 Å². The predicted molar refractivity (Wildman–Crippen MR) is 75.8 cm³/mol.